The summed E-state index contributed by atoms with van der Waals surface area (Å²) < 4.78 is 5.89. The highest BCUT2D eigenvalue weighted by atomic mass is 16.5. The molecule has 1 heterocycles. The van der Waals surface area contributed by atoms with Crippen LogP contribution in [0.4, 0.5) is 5.69 Å². The van der Waals surface area contributed by atoms with Crippen molar-refractivity contribution in [2.45, 2.75) is 97.3 Å². The first-order chi connectivity index (χ1) is 16.1. The van der Waals surface area contributed by atoms with Crippen LogP contribution in [0.1, 0.15) is 110 Å². The average Bonchev–Trinajstić information content (AvgIpc) is 3.46. The van der Waals surface area contributed by atoms with E-state index in [2.05, 4.69) is 30.4 Å². The lowest BCUT2D eigenvalue weighted by molar-refractivity contribution is -0.137. The minimum atomic E-state index is -0.924. The highest BCUT2D eigenvalue weighted by Crippen LogP contribution is 2.52. The summed E-state index contributed by atoms with van der Waals surface area (Å²) in [5.74, 6) is 1.53. The van der Waals surface area contributed by atoms with Gasteiger partial charge in [0.25, 0.3) is 0 Å². The van der Waals surface area contributed by atoms with Crippen LogP contribution in [0.2, 0.25) is 0 Å². The first-order valence-electron chi connectivity index (χ1n) is 12.7. The van der Waals surface area contributed by atoms with Crippen molar-refractivity contribution in [3.05, 3.63) is 45.8 Å². The van der Waals surface area contributed by atoms with Gasteiger partial charge >= 0.3 is 5.97 Å². The number of anilines is 1. The van der Waals surface area contributed by atoms with Crippen molar-refractivity contribution < 1.29 is 19.2 Å². The third-order valence-corrected chi connectivity index (χ3v) is 7.53. The second kappa shape index (κ2) is 9.93. The minimum absolute atomic E-state index is 0.0744. The molecular formula is C28H38N2O4. The number of carboxylic acid groups (broad SMARTS) is 1. The van der Waals surface area contributed by atoms with E-state index in [1.165, 1.54) is 12.0 Å². The van der Waals surface area contributed by atoms with Gasteiger partial charge in [0.1, 0.15) is 5.76 Å². The Kier molecular flexibility index (Phi) is 7.15. The number of hydrogen-bond donors (Lipinski definition) is 2. The fraction of sp³-hybridized carbons (Fsp3) is 0.607. The van der Waals surface area contributed by atoms with Gasteiger partial charge in [0, 0.05) is 29.5 Å². The number of hydrogen-bond acceptors (Lipinski definition) is 4. The standard InChI is InChI=1S/C28H38N2O4/c1-15(2)8-19-11-22(12-19)28-26(20-6-7-20)27(30-34-28)21(14-25(32)33)13-24(31)29-23-10-17(4)16(3)9-18(23)5/h9-10,15,19-22H,6-8,11-14H2,1-5H3,(H,29,31)(H,32,33)/t19?,21-,22?/m1/s1. The number of carbonyl (C=O) groups is 2. The Morgan fingerprint density at radius 2 is 1.74 bits per heavy atom. The molecule has 2 aliphatic rings. The number of benzene rings is 1. The summed E-state index contributed by atoms with van der Waals surface area (Å²) in [4.78, 5) is 24.7. The minimum Gasteiger partial charge on any atom is -0.481 e. The van der Waals surface area contributed by atoms with Crippen molar-refractivity contribution in [2.24, 2.45) is 11.8 Å². The van der Waals surface area contributed by atoms with Gasteiger partial charge in [-0.2, -0.15) is 0 Å². The molecule has 6 heteroatoms. The van der Waals surface area contributed by atoms with Crippen LogP contribution in [0, 0.1) is 32.6 Å². The third-order valence-electron chi connectivity index (χ3n) is 7.53. The molecule has 1 amide bonds. The Morgan fingerprint density at radius 1 is 1.06 bits per heavy atom. The predicted molar refractivity (Wildman–Crippen MR) is 132 cm³/mol. The van der Waals surface area contributed by atoms with E-state index in [0.717, 1.165) is 59.7 Å². The lowest BCUT2D eigenvalue weighted by atomic mass is 9.69. The van der Waals surface area contributed by atoms with Gasteiger partial charge in [-0.25, -0.2) is 0 Å². The van der Waals surface area contributed by atoms with E-state index in [-0.39, 0.29) is 18.7 Å². The molecule has 0 saturated heterocycles. The van der Waals surface area contributed by atoms with Crippen molar-refractivity contribution in [1.29, 1.82) is 0 Å². The molecule has 6 nitrogen and oxygen atoms in total. The molecule has 1 aromatic carbocycles. The molecule has 0 spiro atoms. The topological polar surface area (TPSA) is 92.4 Å². The van der Waals surface area contributed by atoms with Crippen LogP contribution in [0.25, 0.3) is 0 Å². The summed E-state index contributed by atoms with van der Waals surface area (Å²) in [6.45, 7) is 10.6. The number of carbonyl (C=O) groups excluding carboxylic acids is 1. The van der Waals surface area contributed by atoms with Crippen molar-refractivity contribution in [3.8, 4) is 0 Å². The smallest absolute Gasteiger partial charge is 0.304 e. The molecule has 1 aromatic heterocycles. The Bertz CT molecular complexity index is 1060. The molecule has 2 fully saturated rings. The summed E-state index contributed by atoms with van der Waals surface area (Å²) in [5.41, 5.74) is 5.85. The lowest BCUT2D eigenvalue weighted by Gasteiger charge is -2.35. The normalized spacial score (nSPS) is 20.8. The van der Waals surface area contributed by atoms with Gasteiger partial charge in [-0.05, 0) is 93.4 Å². The van der Waals surface area contributed by atoms with Gasteiger partial charge in [-0.1, -0.05) is 25.1 Å². The highest BCUT2D eigenvalue weighted by Gasteiger charge is 2.42. The third kappa shape index (κ3) is 5.53. The summed E-state index contributed by atoms with van der Waals surface area (Å²) in [6.07, 6.45) is 5.56. The fourth-order valence-electron chi connectivity index (χ4n) is 5.50. The van der Waals surface area contributed by atoms with Crippen molar-refractivity contribution in [1.82, 2.24) is 5.16 Å². The number of amides is 1. The van der Waals surface area contributed by atoms with Crippen LogP contribution in [0.15, 0.2) is 16.7 Å². The van der Waals surface area contributed by atoms with E-state index in [4.69, 9.17) is 4.52 Å². The zero-order valence-electron chi connectivity index (χ0n) is 21.1. The van der Waals surface area contributed by atoms with Gasteiger partial charge in [0.15, 0.2) is 0 Å². The molecule has 2 aromatic rings. The van der Waals surface area contributed by atoms with Gasteiger partial charge in [-0.15, -0.1) is 0 Å². The van der Waals surface area contributed by atoms with Gasteiger partial charge in [-0.3, -0.25) is 9.59 Å². The van der Waals surface area contributed by atoms with E-state index >= 15 is 0 Å². The van der Waals surface area contributed by atoms with Crippen LogP contribution in [0.5, 0.6) is 0 Å². The first kappa shape index (κ1) is 24.5. The van der Waals surface area contributed by atoms with E-state index in [0.29, 0.717) is 23.4 Å². The van der Waals surface area contributed by atoms with Crippen LogP contribution in [-0.4, -0.2) is 22.1 Å². The highest BCUT2D eigenvalue weighted by molar-refractivity contribution is 5.92. The molecule has 0 aliphatic heterocycles. The number of aromatic nitrogens is 1. The predicted octanol–water partition coefficient (Wildman–Crippen LogP) is 6.60. The van der Waals surface area contributed by atoms with Crippen LogP contribution in [0.3, 0.4) is 0 Å². The summed E-state index contributed by atoms with van der Waals surface area (Å²) in [6, 6.07) is 4.03. The largest absolute Gasteiger partial charge is 0.481 e. The van der Waals surface area contributed by atoms with Gasteiger partial charge in [0.2, 0.25) is 5.91 Å². The van der Waals surface area contributed by atoms with E-state index in [9.17, 15) is 14.7 Å². The van der Waals surface area contributed by atoms with E-state index in [1.807, 2.05) is 26.8 Å². The Balaban J connectivity index is 1.52. The Morgan fingerprint density at radius 3 is 2.35 bits per heavy atom. The number of aliphatic carboxylic acids is 1. The zero-order valence-corrected chi connectivity index (χ0v) is 21.1. The van der Waals surface area contributed by atoms with Gasteiger partial charge in [0.05, 0.1) is 12.1 Å². The number of nitrogens with one attached hydrogen (secondary N) is 1. The number of nitrogens with zero attached hydrogens (tertiary/aromatic N) is 1. The first-order valence-corrected chi connectivity index (χ1v) is 12.7. The molecule has 4 rings (SSSR count). The Hall–Kier alpha value is -2.63. The molecule has 0 radical (unpaired) electrons. The summed E-state index contributed by atoms with van der Waals surface area (Å²) >= 11 is 0. The molecule has 2 saturated carbocycles. The molecule has 0 unspecified atom stereocenters. The van der Waals surface area contributed by atoms with Crippen molar-refractivity contribution in [2.75, 3.05) is 5.32 Å². The molecule has 34 heavy (non-hydrogen) atoms. The maximum atomic E-state index is 13.0. The fourth-order valence-corrected chi connectivity index (χ4v) is 5.50. The Labute approximate surface area is 202 Å². The zero-order chi connectivity index (χ0) is 24.6. The molecular weight excluding hydrogens is 428 g/mol. The summed E-state index contributed by atoms with van der Waals surface area (Å²) in [7, 11) is 0. The SMILES string of the molecule is Cc1cc(C)c(NC(=O)C[C@H](CC(=O)O)c2noc(C3CC(CC(C)C)C3)c2C2CC2)cc1C. The van der Waals surface area contributed by atoms with Crippen LogP contribution >= 0.6 is 0 Å². The molecule has 2 aliphatic carbocycles. The average molecular weight is 467 g/mol. The second-order valence-electron chi connectivity index (χ2n) is 11.1. The van der Waals surface area contributed by atoms with Gasteiger partial charge < -0.3 is 14.9 Å². The lowest BCUT2D eigenvalue weighted by Crippen LogP contribution is -2.24. The summed E-state index contributed by atoms with van der Waals surface area (Å²) in [5, 5.41) is 17.0. The molecule has 1 atom stereocenters. The maximum Gasteiger partial charge on any atom is 0.304 e. The number of aryl methyl sites for hydroxylation is 3. The van der Waals surface area contributed by atoms with Crippen LogP contribution < -0.4 is 5.32 Å². The van der Waals surface area contributed by atoms with Crippen LogP contribution in [-0.2, 0) is 9.59 Å². The number of carboxylic acids is 1. The maximum absolute atomic E-state index is 13.0. The van der Waals surface area contributed by atoms with E-state index in [1.54, 1.807) is 0 Å². The number of rotatable bonds is 10. The molecule has 0 bridgehead atoms. The van der Waals surface area contributed by atoms with Crippen molar-refractivity contribution in [3.63, 3.8) is 0 Å². The van der Waals surface area contributed by atoms with Crippen molar-refractivity contribution >= 4 is 17.6 Å². The second-order valence-corrected chi connectivity index (χ2v) is 11.1. The molecule has 184 valence electrons. The van der Waals surface area contributed by atoms with E-state index < -0.39 is 11.9 Å². The quantitative estimate of drug-likeness (QED) is 0.411. The molecule has 2 N–H and O–H groups in total. The monoisotopic (exact) mass is 466 g/mol.